The fourth-order valence-electron chi connectivity index (χ4n) is 2.15. The molecule has 0 amide bonds. The van der Waals surface area contributed by atoms with Crippen molar-refractivity contribution in [3.05, 3.63) is 0 Å². The molecule has 84 valence electrons. The highest BCUT2D eigenvalue weighted by Gasteiger charge is 2.34. The average Bonchev–Trinajstić information content (AvgIpc) is 2.23. The molecular weight excluding hydrogens is 174 g/mol. The molecule has 0 aromatic carbocycles. The smallest absolute Gasteiger partial charge is 0.0631 e. The number of nitrogens with zero attached hydrogens (tertiary/aromatic N) is 1. The van der Waals surface area contributed by atoms with Crippen molar-refractivity contribution >= 4 is 0 Å². The first-order valence-corrected chi connectivity index (χ1v) is 5.65. The van der Waals surface area contributed by atoms with Crippen LogP contribution in [0.5, 0.6) is 0 Å². The van der Waals surface area contributed by atoms with E-state index in [-0.39, 0.29) is 5.60 Å². The van der Waals surface area contributed by atoms with Crippen LogP contribution in [0.1, 0.15) is 34.6 Å². The second-order valence-corrected chi connectivity index (χ2v) is 5.77. The van der Waals surface area contributed by atoms with Gasteiger partial charge in [-0.05, 0) is 39.7 Å². The molecule has 0 N–H and O–H groups in total. The molecule has 0 aromatic rings. The molecular formula is C12H25NO. The van der Waals surface area contributed by atoms with Crippen molar-refractivity contribution in [1.29, 1.82) is 0 Å². The van der Waals surface area contributed by atoms with Crippen LogP contribution in [0.3, 0.4) is 0 Å². The Morgan fingerprint density at radius 1 is 1.29 bits per heavy atom. The van der Waals surface area contributed by atoms with Gasteiger partial charge in [0.15, 0.2) is 0 Å². The van der Waals surface area contributed by atoms with Crippen LogP contribution in [0, 0.1) is 11.8 Å². The molecule has 0 aromatic heterocycles. The van der Waals surface area contributed by atoms with Gasteiger partial charge < -0.3 is 9.64 Å². The van der Waals surface area contributed by atoms with Gasteiger partial charge in [0, 0.05) is 12.6 Å². The molecule has 0 aliphatic carbocycles. The lowest BCUT2D eigenvalue weighted by Crippen LogP contribution is -2.36. The normalized spacial score (nSPS) is 35.1. The Labute approximate surface area is 88.6 Å². The molecule has 1 aliphatic rings. The highest BCUT2D eigenvalue weighted by molar-refractivity contribution is 4.87. The standard InChI is InChI=1S/C12H25NO/c1-9-7-13(6)11(10(9)2)8-14-12(3,4)5/h9-11H,7-8H2,1-6H3/t9-,10-,11-/m1/s1. The predicted molar refractivity (Wildman–Crippen MR) is 60.5 cm³/mol. The summed E-state index contributed by atoms with van der Waals surface area (Å²) in [6, 6.07) is 0.601. The van der Waals surface area contributed by atoms with Crippen molar-refractivity contribution in [2.24, 2.45) is 11.8 Å². The third kappa shape index (κ3) is 2.96. The van der Waals surface area contributed by atoms with Crippen molar-refractivity contribution in [3.8, 4) is 0 Å². The summed E-state index contributed by atoms with van der Waals surface area (Å²) in [5.74, 6) is 1.55. The quantitative estimate of drug-likeness (QED) is 0.677. The van der Waals surface area contributed by atoms with Gasteiger partial charge in [0.2, 0.25) is 0 Å². The van der Waals surface area contributed by atoms with E-state index in [1.54, 1.807) is 0 Å². The Hall–Kier alpha value is -0.0800. The van der Waals surface area contributed by atoms with Gasteiger partial charge in [-0.15, -0.1) is 0 Å². The SMILES string of the molecule is C[C@@H]1[C@H](C)CN(C)[C@@H]1COC(C)(C)C. The Morgan fingerprint density at radius 2 is 1.86 bits per heavy atom. The van der Waals surface area contributed by atoms with Gasteiger partial charge in [-0.2, -0.15) is 0 Å². The summed E-state index contributed by atoms with van der Waals surface area (Å²) in [4.78, 5) is 2.43. The molecule has 0 unspecified atom stereocenters. The molecule has 0 bridgehead atoms. The van der Waals surface area contributed by atoms with Crippen molar-refractivity contribution in [3.63, 3.8) is 0 Å². The third-order valence-electron chi connectivity index (χ3n) is 3.33. The topological polar surface area (TPSA) is 12.5 Å². The number of likely N-dealkylation sites (tertiary alicyclic amines) is 1. The second kappa shape index (κ2) is 4.19. The Morgan fingerprint density at radius 3 is 2.21 bits per heavy atom. The van der Waals surface area contributed by atoms with E-state index in [0.29, 0.717) is 6.04 Å². The molecule has 2 nitrogen and oxygen atoms in total. The van der Waals surface area contributed by atoms with Crippen LogP contribution in [0.25, 0.3) is 0 Å². The number of hydrogen-bond acceptors (Lipinski definition) is 2. The summed E-state index contributed by atoms with van der Waals surface area (Å²) in [6.07, 6.45) is 0. The highest BCUT2D eigenvalue weighted by atomic mass is 16.5. The highest BCUT2D eigenvalue weighted by Crippen LogP contribution is 2.28. The first-order valence-electron chi connectivity index (χ1n) is 5.65. The van der Waals surface area contributed by atoms with E-state index in [2.05, 4.69) is 46.6 Å². The second-order valence-electron chi connectivity index (χ2n) is 5.77. The maximum Gasteiger partial charge on any atom is 0.0631 e. The van der Waals surface area contributed by atoms with Gasteiger partial charge in [0.05, 0.1) is 12.2 Å². The summed E-state index contributed by atoms with van der Waals surface area (Å²) in [5.41, 5.74) is -0.00755. The summed E-state index contributed by atoms with van der Waals surface area (Å²) >= 11 is 0. The molecule has 1 aliphatic heterocycles. The van der Waals surface area contributed by atoms with E-state index >= 15 is 0 Å². The zero-order chi connectivity index (χ0) is 10.9. The van der Waals surface area contributed by atoms with Crippen LogP contribution in [-0.2, 0) is 4.74 Å². The molecule has 1 saturated heterocycles. The fourth-order valence-corrected chi connectivity index (χ4v) is 2.15. The summed E-state index contributed by atoms with van der Waals surface area (Å²) in [6.45, 7) is 13.1. The number of rotatable bonds is 2. The van der Waals surface area contributed by atoms with Crippen LogP contribution in [0.2, 0.25) is 0 Å². The van der Waals surface area contributed by atoms with Crippen molar-refractivity contribution < 1.29 is 4.74 Å². The lowest BCUT2D eigenvalue weighted by molar-refractivity contribution is -0.0311. The molecule has 1 rings (SSSR count). The summed E-state index contributed by atoms with van der Waals surface area (Å²) in [5, 5.41) is 0. The Bertz CT molecular complexity index is 185. The fraction of sp³-hybridized carbons (Fsp3) is 1.00. The maximum atomic E-state index is 5.86. The number of hydrogen-bond donors (Lipinski definition) is 0. The van der Waals surface area contributed by atoms with Crippen molar-refractivity contribution in [2.75, 3.05) is 20.2 Å². The maximum absolute atomic E-state index is 5.86. The van der Waals surface area contributed by atoms with E-state index in [9.17, 15) is 0 Å². The van der Waals surface area contributed by atoms with Crippen LogP contribution in [-0.4, -0.2) is 36.7 Å². The van der Waals surface area contributed by atoms with Crippen LogP contribution >= 0.6 is 0 Å². The minimum Gasteiger partial charge on any atom is -0.374 e. The van der Waals surface area contributed by atoms with E-state index in [0.717, 1.165) is 18.4 Å². The molecule has 1 fully saturated rings. The zero-order valence-electron chi connectivity index (χ0n) is 10.5. The minimum absolute atomic E-state index is 0.00755. The molecule has 14 heavy (non-hydrogen) atoms. The van der Waals surface area contributed by atoms with Crippen LogP contribution in [0.15, 0.2) is 0 Å². The molecule has 1 heterocycles. The Kier molecular flexibility index (Phi) is 3.59. The van der Waals surface area contributed by atoms with Gasteiger partial charge in [-0.25, -0.2) is 0 Å². The van der Waals surface area contributed by atoms with Gasteiger partial charge in [-0.1, -0.05) is 13.8 Å². The van der Waals surface area contributed by atoms with Crippen LogP contribution < -0.4 is 0 Å². The van der Waals surface area contributed by atoms with Crippen molar-refractivity contribution in [2.45, 2.75) is 46.3 Å². The lowest BCUT2D eigenvalue weighted by Gasteiger charge is -2.28. The predicted octanol–water partition coefficient (Wildman–Crippen LogP) is 2.39. The first kappa shape index (κ1) is 12.0. The lowest BCUT2D eigenvalue weighted by atomic mass is 9.94. The largest absolute Gasteiger partial charge is 0.374 e. The number of likely N-dealkylation sites (N-methyl/N-ethyl adjacent to an activating group) is 1. The van der Waals surface area contributed by atoms with Gasteiger partial charge >= 0.3 is 0 Å². The first-order chi connectivity index (χ1) is 6.31. The van der Waals surface area contributed by atoms with E-state index < -0.39 is 0 Å². The molecule has 0 spiro atoms. The van der Waals surface area contributed by atoms with Crippen LogP contribution in [0.4, 0.5) is 0 Å². The van der Waals surface area contributed by atoms with Gasteiger partial charge in [0.1, 0.15) is 0 Å². The minimum atomic E-state index is -0.00755. The van der Waals surface area contributed by atoms with E-state index in [1.807, 2.05) is 0 Å². The third-order valence-corrected chi connectivity index (χ3v) is 3.33. The molecule has 0 saturated carbocycles. The van der Waals surface area contributed by atoms with Gasteiger partial charge in [-0.3, -0.25) is 0 Å². The summed E-state index contributed by atoms with van der Waals surface area (Å²) in [7, 11) is 2.21. The zero-order valence-corrected chi connectivity index (χ0v) is 10.5. The monoisotopic (exact) mass is 199 g/mol. The molecule has 2 heteroatoms. The molecule has 0 radical (unpaired) electrons. The average molecular weight is 199 g/mol. The molecule has 3 atom stereocenters. The van der Waals surface area contributed by atoms with Crippen molar-refractivity contribution in [1.82, 2.24) is 4.90 Å². The Balaban J connectivity index is 2.44. The number of ether oxygens (including phenoxy) is 1. The van der Waals surface area contributed by atoms with Gasteiger partial charge in [0.25, 0.3) is 0 Å². The van der Waals surface area contributed by atoms with E-state index in [1.165, 1.54) is 6.54 Å². The van der Waals surface area contributed by atoms with E-state index in [4.69, 9.17) is 4.74 Å². The summed E-state index contributed by atoms with van der Waals surface area (Å²) < 4.78 is 5.86.